The van der Waals surface area contributed by atoms with Crippen LogP contribution in [0.5, 0.6) is 0 Å². The number of carbonyl (C=O) groups excluding carboxylic acids is 2. The Hall–Kier alpha value is -3.78. The molecule has 1 aliphatic rings. The van der Waals surface area contributed by atoms with Gasteiger partial charge in [-0.3, -0.25) is 9.59 Å². The molecule has 9 nitrogen and oxygen atoms in total. The first-order chi connectivity index (χ1) is 15.9. The molecular weight excluding hydrogens is 457 g/mol. The molecule has 1 saturated heterocycles. The summed E-state index contributed by atoms with van der Waals surface area (Å²) in [4.78, 5) is 30.1. The van der Waals surface area contributed by atoms with Gasteiger partial charge in [-0.25, -0.2) is 14.1 Å². The van der Waals surface area contributed by atoms with E-state index in [9.17, 15) is 14.0 Å². The molecule has 0 spiro atoms. The van der Waals surface area contributed by atoms with Gasteiger partial charge in [0.1, 0.15) is 17.2 Å². The highest BCUT2D eigenvalue weighted by molar-refractivity contribution is 7.59. The van der Waals surface area contributed by atoms with Gasteiger partial charge in [-0.05, 0) is 31.4 Å². The van der Waals surface area contributed by atoms with Crippen LogP contribution in [0, 0.1) is 17.7 Å². The minimum Gasteiger partial charge on any atom is -0.373 e. The Labute approximate surface area is 203 Å². The predicted octanol–water partition coefficient (Wildman–Crippen LogP) is 2.00. The number of nitrogens with zero attached hydrogens (tertiary/aromatic N) is 5. The highest BCUT2D eigenvalue weighted by atomic mass is 32.1. The second-order valence-electron chi connectivity index (χ2n) is 7.66. The van der Waals surface area contributed by atoms with Crippen LogP contribution in [0.1, 0.15) is 41.0 Å². The van der Waals surface area contributed by atoms with Crippen molar-refractivity contribution in [2.75, 3.05) is 25.5 Å². The van der Waals surface area contributed by atoms with Crippen molar-refractivity contribution >= 4 is 42.2 Å². The zero-order chi connectivity index (χ0) is 23.7. The molecule has 1 aromatic carbocycles. The quantitative estimate of drug-likeness (QED) is 0.426. The number of aryl methyl sites for hydroxylation is 1. The topological polar surface area (TPSA) is 111 Å². The van der Waals surface area contributed by atoms with Crippen molar-refractivity contribution in [1.29, 1.82) is 0 Å². The second-order valence-corrected chi connectivity index (χ2v) is 7.66. The molecule has 3 aromatic rings. The molecule has 11 heteroatoms. The van der Waals surface area contributed by atoms with Crippen molar-refractivity contribution in [3.63, 3.8) is 0 Å². The molecule has 1 fully saturated rings. The van der Waals surface area contributed by atoms with E-state index in [0.717, 1.165) is 0 Å². The third kappa shape index (κ3) is 4.36. The molecule has 1 atom stereocenters. The standard InChI is InChI=1S/C23H24FN7O2.H2S/c1-4-20(32)30-9-8-15(12-30)31-23(26-3)21(22(25)33)17(28-31)7-6-14-10-18-19(11-16(14)24)29(5-2)13-27-18;/h4,10-11,13,15,26H,1,5,8-9,12H2,2-3H3,(H2,25,33);1H2/t15-;/m0./s1. The number of imidazole rings is 1. The first kappa shape index (κ1) is 24.9. The van der Waals surface area contributed by atoms with Crippen LogP contribution in [0.4, 0.5) is 10.2 Å². The molecular formula is C23H26FN7O2S. The Morgan fingerprint density at radius 2 is 2.15 bits per heavy atom. The number of likely N-dealkylation sites (tertiary alicyclic amines) is 1. The lowest BCUT2D eigenvalue weighted by atomic mass is 10.1. The van der Waals surface area contributed by atoms with Gasteiger partial charge >= 0.3 is 0 Å². The van der Waals surface area contributed by atoms with Crippen LogP contribution in [-0.2, 0) is 11.3 Å². The van der Waals surface area contributed by atoms with E-state index in [-0.39, 0.29) is 42.3 Å². The minimum atomic E-state index is -0.704. The molecule has 1 aliphatic heterocycles. The average Bonchev–Trinajstić information content (AvgIpc) is 3.52. The van der Waals surface area contributed by atoms with E-state index in [1.54, 1.807) is 29.0 Å². The monoisotopic (exact) mass is 483 g/mol. The van der Waals surface area contributed by atoms with Gasteiger partial charge in [0.05, 0.1) is 29.0 Å². The van der Waals surface area contributed by atoms with Crippen LogP contribution in [0.2, 0.25) is 0 Å². The summed E-state index contributed by atoms with van der Waals surface area (Å²) in [7, 11) is 1.65. The molecule has 178 valence electrons. The molecule has 3 N–H and O–H groups in total. The largest absolute Gasteiger partial charge is 0.373 e. The first-order valence-electron chi connectivity index (χ1n) is 10.6. The number of rotatable bonds is 5. The Kier molecular flexibility index (Phi) is 7.32. The van der Waals surface area contributed by atoms with E-state index in [2.05, 4.69) is 33.8 Å². The van der Waals surface area contributed by atoms with E-state index >= 15 is 0 Å². The van der Waals surface area contributed by atoms with Crippen molar-refractivity contribution < 1.29 is 14.0 Å². The summed E-state index contributed by atoms with van der Waals surface area (Å²) < 4.78 is 18.2. The fourth-order valence-electron chi connectivity index (χ4n) is 4.08. The molecule has 0 saturated carbocycles. The number of fused-ring (bicyclic) bond motifs is 1. The fourth-order valence-corrected chi connectivity index (χ4v) is 4.08. The number of carbonyl (C=O) groups is 2. The number of primary amides is 1. The lowest BCUT2D eigenvalue weighted by molar-refractivity contribution is -0.125. The zero-order valence-corrected chi connectivity index (χ0v) is 19.9. The normalized spacial score (nSPS) is 14.9. The molecule has 0 unspecified atom stereocenters. The summed E-state index contributed by atoms with van der Waals surface area (Å²) in [5.74, 6) is 4.62. The summed E-state index contributed by atoms with van der Waals surface area (Å²) >= 11 is 0. The molecule has 0 bridgehead atoms. The van der Waals surface area contributed by atoms with E-state index in [1.165, 1.54) is 12.1 Å². The number of nitrogens with two attached hydrogens (primary N) is 1. The number of hydrogen-bond acceptors (Lipinski definition) is 5. The number of nitrogens with one attached hydrogen (secondary N) is 1. The molecule has 0 aliphatic carbocycles. The molecule has 4 rings (SSSR count). The highest BCUT2D eigenvalue weighted by Gasteiger charge is 2.31. The third-order valence-corrected chi connectivity index (χ3v) is 5.76. The molecule has 34 heavy (non-hydrogen) atoms. The maximum atomic E-state index is 14.7. The van der Waals surface area contributed by atoms with Crippen LogP contribution < -0.4 is 11.1 Å². The maximum Gasteiger partial charge on any atom is 0.255 e. The molecule has 2 aromatic heterocycles. The molecule has 2 amide bonds. The third-order valence-electron chi connectivity index (χ3n) is 5.76. The van der Waals surface area contributed by atoms with E-state index in [0.29, 0.717) is 42.9 Å². The molecule has 0 radical (unpaired) electrons. The number of amides is 2. The summed E-state index contributed by atoms with van der Waals surface area (Å²) in [5, 5.41) is 7.47. The van der Waals surface area contributed by atoms with Gasteiger partial charge in [0.25, 0.3) is 5.91 Å². The van der Waals surface area contributed by atoms with Crippen molar-refractivity contribution in [1.82, 2.24) is 24.2 Å². The van der Waals surface area contributed by atoms with Crippen LogP contribution in [0.25, 0.3) is 11.0 Å². The van der Waals surface area contributed by atoms with E-state index in [4.69, 9.17) is 5.73 Å². The first-order valence-corrected chi connectivity index (χ1v) is 10.6. The van der Waals surface area contributed by atoms with Gasteiger partial charge in [-0.1, -0.05) is 12.5 Å². The SMILES string of the molecule is C=CC(=O)N1CC[C@H](n2nc(C#Cc3cc4ncn(CC)c4cc3F)c(C(N)=O)c2NC)C1.S. The van der Waals surface area contributed by atoms with Crippen molar-refractivity contribution in [3.8, 4) is 11.8 Å². The summed E-state index contributed by atoms with van der Waals surface area (Å²) in [5.41, 5.74) is 7.33. The number of aromatic nitrogens is 4. The Morgan fingerprint density at radius 3 is 2.79 bits per heavy atom. The van der Waals surface area contributed by atoms with Gasteiger partial charge in [0.15, 0.2) is 5.69 Å². The number of benzene rings is 1. The van der Waals surface area contributed by atoms with Crippen molar-refractivity contribution in [3.05, 3.63) is 53.8 Å². The molecule has 3 heterocycles. The predicted molar refractivity (Wildman–Crippen MR) is 132 cm³/mol. The Morgan fingerprint density at radius 1 is 1.38 bits per heavy atom. The second kappa shape index (κ2) is 10.0. The van der Waals surface area contributed by atoms with Crippen LogP contribution in [0.15, 0.2) is 31.1 Å². The minimum absolute atomic E-state index is 0. The maximum absolute atomic E-state index is 14.7. The average molecular weight is 484 g/mol. The Balaban J connectivity index is 0.00000324. The summed E-state index contributed by atoms with van der Waals surface area (Å²) in [6.07, 6.45) is 3.56. The number of anilines is 1. The lowest BCUT2D eigenvalue weighted by Gasteiger charge is -2.16. The lowest BCUT2D eigenvalue weighted by Crippen LogP contribution is -2.27. The van der Waals surface area contributed by atoms with E-state index in [1.807, 2.05) is 11.5 Å². The zero-order valence-electron chi connectivity index (χ0n) is 18.9. The van der Waals surface area contributed by atoms with Crippen molar-refractivity contribution in [2.45, 2.75) is 25.9 Å². The summed E-state index contributed by atoms with van der Waals surface area (Å²) in [6.45, 7) is 7.10. The van der Waals surface area contributed by atoms with Crippen LogP contribution >= 0.6 is 13.5 Å². The van der Waals surface area contributed by atoms with Gasteiger partial charge in [-0.2, -0.15) is 18.6 Å². The van der Waals surface area contributed by atoms with E-state index < -0.39 is 11.7 Å². The van der Waals surface area contributed by atoms with Gasteiger partial charge in [0, 0.05) is 32.7 Å². The van der Waals surface area contributed by atoms with Crippen LogP contribution in [-0.4, -0.2) is 56.2 Å². The number of hydrogen-bond donors (Lipinski definition) is 2. The smallest absolute Gasteiger partial charge is 0.255 e. The highest BCUT2D eigenvalue weighted by Crippen LogP contribution is 2.29. The van der Waals surface area contributed by atoms with Gasteiger partial charge in [-0.15, -0.1) is 0 Å². The van der Waals surface area contributed by atoms with Gasteiger partial charge in [0.2, 0.25) is 5.91 Å². The number of halogens is 1. The van der Waals surface area contributed by atoms with Gasteiger partial charge < -0.3 is 20.5 Å². The van der Waals surface area contributed by atoms with Crippen molar-refractivity contribution in [2.24, 2.45) is 5.73 Å². The van der Waals surface area contributed by atoms with Crippen LogP contribution in [0.3, 0.4) is 0 Å². The summed E-state index contributed by atoms with van der Waals surface area (Å²) in [6, 6.07) is 2.79. The fraction of sp³-hybridized carbons (Fsp3) is 0.304. The Bertz CT molecular complexity index is 1330.